The smallest absolute Gasteiger partial charge is 0.275 e. The van der Waals surface area contributed by atoms with Crippen molar-refractivity contribution in [2.45, 2.75) is 20.3 Å². The molecule has 5 nitrogen and oxygen atoms in total. The van der Waals surface area contributed by atoms with Gasteiger partial charge in [0, 0.05) is 24.6 Å². The highest BCUT2D eigenvalue weighted by Crippen LogP contribution is 2.19. The zero-order valence-electron chi connectivity index (χ0n) is 12.0. The number of pyridine rings is 2. The number of aromatic nitrogens is 2. The summed E-state index contributed by atoms with van der Waals surface area (Å²) in [6.45, 7) is 4.72. The molecule has 0 unspecified atom stereocenters. The first-order valence-electron chi connectivity index (χ1n) is 6.74. The summed E-state index contributed by atoms with van der Waals surface area (Å²) < 4.78 is 0. The number of hydrogen-bond acceptors (Lipinski definition) is 4. The highest BCUT2D eigenvalue weighted by atomic mass is 35.5. The molecule has 2 heterocycles. The van der Waals surface area contributed by atoms with E-state index in [-0.39, 0.29) is 11.6 Å². The number of rotatable bonds is 5. The molecule has 0 fully saturated rings. The van der Waals surface area contributed by atoms with Crippen molar-refractivity contribution in [2.24, 2.45) is 0 Å². The Bertz CT molecular complexity index is 645. The summed E-state index contributed by atoms with van der Waals surface area (Å²) in [4.78, 5) is 20.6. The van der Waals surface area contributed by atoms with Crippen molar-refractivity contribution in [1.29, 1.82) is 0 Å². The van der Waals surface area contributed by atoms with Crippen LogP contribution in [0.4, 0.5) is 11.5 Å². The number of amides is 1. The molecular weight excluding hydrogens is 288 g/mol. The third-order valence-electron chi connectivity index (χ3n) is 2.89. The third kappa shape index (κ3) is 3.92. The highest BCUT2D eigenvalue weighted by Gasteiger charge is 2.14. The molecule has 0 radical (unpaired) electrons. The predicted octanol–water partition coefficient (Wildman–Crippen LogP) is 3.51. The summed E-state index contributed by atoms with van der Waals surface area (Å²) in [5, 5.41) is 6.25. The first-order valence-corrected chi connectivity index (χ1v) is 7.12. The fraction of sp³-hybridized carbons (Fsp3) is 0.267. The average molecular weight is 305 g/mol. The van der Waals surface area contributed by atoms with Crippen LogP contribution in [0.5, 0.6) is 0 Å². The van der Waals surface area contributed by atoms with Gasteiger partial charge in [-0.05, 0) is 37.1 Å². The molecule has 2 N–H and O–H groups in total. The number of anilines is 2. The zero-order valence-corrected chi connectivity index (χ0v) is 12.7. The normalized spacial score (nSPS) is 10.2. The van der Waals surface area contributed by atoms with E-state index in [1.807, 2.05) is 6.92 Å². The van der Waals surface area contributed by atoms with Gasteiger partial charge in [-0.1, -0.05) is 18.5 Å². The molecule has 0 aliphatic carbocycles. The van der Waals surface area contributed by atoms with Crippen LogP contribution >= 0.6 is 11.6 Å². The van der Waals surface area contributed by atoms with Gasteiger partial charge < -0.3 is 10.6 Å². The minimum atomic E-state index is -0.338. The number of aryl methyl sites for hydroxylation is 1. The molecule has 0 atom stereocenters. The van der Waals surface area contributed by atoms with Gasteiger partial charge in [-0.25, -0.2) is 4.98 Å². The Labute approximate surface area is 128 Å². The molecule has 2 rings (SSSR count). The maximum Gasteiger partial charge on any atom is 0.275 e. The lowest BCUT2D eigenvalue weighted by atomic mass is 10.2. The van der Waals surface area contributed by atoms with Crippen molar-refractivity contribution >= 4 is 29.0 Å². The summed E-state index contributed by atoms with van der Waals surface area (Å²) in [7, 11) is 0. The lowest BCUT2D eigenvalue weighted by Crippen LogP contribution is -2.16. The fourth-order valence-electron chi connectivity index (χ4n) is 1.75. The SMILES string of the molecule is CCCNc1ccc(Cl)c(C(=O)Nc2ccncc2C)n1. The maximum absolute atomic E-state index is 12.3. The van der Waals surface area contributed by atoms with Crippen LogP contribution in [0.3, 0.4) is 0 Å². The highest BCUT2D eigenvalue weighted by molar-refractivity contribution is 6.34. The second-order valence-corrected chi connectivity index (χ2v) is 5.01. The molecule has 0 spiro atoms. The maximum atomic E-state index is 12.3. The van der Waals surface area contributed by atoms with E-state index >= 15 is 0 Å². The molecule has 2 aromatic heterocycles. The number of hydrogen-bond donors (Lipinski definition) is 2. The Hall–Kier alpha value is -2.14. The van der Waals surface area contributed by atoms with E-state index in [0.717, 1.165) is 18.5 Å². The summed E-state index contributed by atoms with van der Waals surface area (Å²) >= 11 is 6.07. The van der Waals surface area contributed by atoms with Gasteiger partial charge in [-0.3, -0.25) is 9.78 Å². The van der Waals surface area contributed by atoms with Crippen LogP contribution in [0, 0.1) is 6.92 Å². The average Bonchev–Trinajstić information content (AvgIpc) is 2.48. The Morgan fingerprint density at radius 2 is 2.14 bits per heavy atom. The van der Waals surface area contributed by atoms with E-state index < -0.39 is 0 Å². The molecule has 0 aromatic carbocycles. The van der Waals surface area contributed by atoms with E-state index in [4.69, 9.17) is 11.6 Å². The van der Waals surface area contributed by atoms with Crippen molar-refractivity contribution < 1.29 is 4.79 Å². The van der Waals surface area contributed by atoms with E-state index in [9.17, 15) is 4.79 Å². The lowest BCUT2D eigenvalue weighted by Gasteiger charge is -2.10. The van der Waals surface area contributed by atoms with Gasteiger partial charge in [-0.2, -0.15) is 0 Å². The summed E-state index contributed by atoms with van der Waals surface area (Å²) in [5.41, 5.74) is 1.77. The Kier molecular flexibility index (Phi) is 5.11. The van der Waals surface area contributed by atoms with E-state index in [1.165, 1.54) is 0 Å². The molecule has 0 saturated heterocycles. The Morgan fingerprint density at radius 3 is 2.86 bits per heavy atom. The number of carbonyl (C=O) groups excluding carboxylic acids is 1. The van der Waals surface area contributed by atoms with Crippen molar-refractivity contribution in [3.8, 4) is 0 Å². The molecule has 110 valence electrons. The first kappa shape index (κ1) is 15.3. The van der Waals surface area contributed by atoms with Crippen molar-refractivity contribution in [1.82, 2.24) is 9.97 Å². The number of halogens is 1. The number of nitrogens with one attached hydrogen (secondary N) is 2. The molecule has 0 bridgehead atoms. The standard InChI is InChI=1S/C15H17ClN4O/c1-3-7-18-13-5-4-11(16)14(20-13)15(21)19-12-6-8-17-9-10(12)2/h4-6,8-9H,3,7H2,1-2H3,(H,18,20)(H,17,19,21). The molecule has 0 saturated carbocycles. The second kappa shape index (κ2) is 7.04. The van der Waals surface area contributed by atoms with Crippen LogP contribution in [0.2, 0.25) is 5.02 Å². The predicted molar refractivity (Wildman–Crippen MR) is 85.0 cm³/mol. The molecule has 6 heteroatoms. The Balaban J connectivity index is 2.20. The van der Waals surface area contributed by atoms with Crippen LogP contribution in [-0.2, 0) is 0 Å². The van der Waals surface area contributed by atoms with Crippen LogP contribution in [-0.4, -0.2) is 22.4 Å². The van der Waals surface area contributed by atoms with Crippen LogP contribution in [0.1, 0.15) is 29.4 Å². The largest absolute Gasteiger partial charge is 0.370 e. The molecule has 0 aliphatic heterocycles. The molecular formula is C15H17ClN4O. The monoisotopic (exact) mass is 304 g/mol. The molecule has 21 heavy (non-hydrogen) atoms. The van der Waals surface area contributed by atoms with Gasteiger partial charge in [0.2, 0.25) is 0 Å². The number of nitrogens with zero attached hydrogens (tertiary/aromatic N) is 2. The quantitative estimate of drug-likeness (QED) is 0.887. The molecule has 1 amide bonds. The lowest BCUT2D eigenvalue weighted by molar-refractivity contribution is 0.102. The molecule has 0 aliphatic rings. The third-order valence-corrected chi connectivity index (χ3v) is 3.19. The van der Waals surface area contributed by atoms with Crippen molar-refractivity contribution in [3.63, 3.8) is 0 Å². The zero-order chi connectivity index (χ0) is 15.2. The molecule has 2 aromatic rings. The second-order valence-electron chi connectivity index (χ2n) is 4.60. The van der Waals surface area contributed by atoms with Crippen molar-refractivity contribution in [2.75, 3.05) is 17.2 Å². The van der Waals surface area contributed by atoms with Gasteiger partial charge in [0.25, 0.3) is 5.91 Å². The van der Waals surface area contributed by atoms with E-state index in [0.29, 0.717) is 16.5 Å². The minimum absolute atomic E-state index is 0.203. The Morgan fingerprint density at radius 1 is 1.33 bits per heavy atom. The summed E-state index contributed by atoms with van der Waals surface area (Å²) in [6.07, 6.45) is 4.28. The van der Waals surface area contributed by atoms with Gasteiger partial charge >= 0.3 is 0 Å². The van der Waals surface area contributed by atoms with Crippen LogP contribution < -0.4 is 10.6 Å². The minimum Gasteiger partial charge on any atom is -0.370 e. The van der Waals surface area contributed by atoms with Gasteiger partial charge in [0.15, 0.2) is 0 Å². The van der Waals surface area contributed by atoms with Gasteiger partial charge in [0.1, 0.15) is 11.5 Å². The van der Waals surface area contributed by atoms with Crippen molar-refractivity contribution in [3.05, 3.63) is 46.9 Å². The van der Waals surface area contributed by atoms with E-state index in [1.54, 1.807) is 30.6 Å². The van der Waals surface area contributed by atoms with Crippen LogP contribution in [0.25, 0.3) is 0 Å². The van der Waals surface area contributed by atoms with E-state index in [2.05, 4.69) is 27.5 Å². The van der Waals surface area contributed by atoms with Crippen LogP contribution in [0.15, 0.2) is 30.6 Å². The number of carbonyl (C=O) groups is 1. The summed E-state index contributed by atoms with van der Waals surface area (Å²) in [6, 6.07) is 5.16. The van der Waals surface area contributed by atoms with Gasteiger partial charge in [0.05, 0.1) is 5.02 Å². The fourth-order valence-corrected chi connectivity index (χ4v) is 1.94. The topological polar surface area (TPSA) is 66.9 Å². The first-order chi connectivity index (χ1) is 10.1. The summed E-state index contributed by atoms with van der Waals surface area (Å²) in [5.74, 6) is 0.298. The van der Waals surface area contributed by atoms with Gasteiger partial charge in [-0.15, -0.1) is 0 Å².